The van der Waals surface area contributed by atoms with Crippen LogP contribution in [0.3, 0.4) is 0 Å². The minimum Gasteiger partial charge on any atom is -0.307 e. The van der Waals surface area contributed by atoms with Crippen molar-refractivity contribution in [1.82, 2.24) is 44.0 Å². The molecule has 0 fully saturated rings. The predicted octanol–water partition coefficient (Wildman–Crippen LogP) is 18.6. The first-order valence-corrected chi connectivity index (χ1v) is 28.7. The fourth-order valence-electron chi connectivity index (χ4n) is 12.0. The van der Waals surface area contributed by atoms with Crippen LogP contribution >= 0.6 is 0 Å². The summed E-state index contributed by atoms with van der Waals surface area (Å²) in [5, 5.41) is 4.34. The molecular formula is C77H49N9. The van der Waals surface area contributed by atoms with E-state index in [-0.39, 0.29) is 0 Å². The lowest BCUT2D eigenvalue weighted by molar-refractivity contribution is 1.04. The molecule has 0 N–H and O–H groups in total. The molecule has 0 radical (unpaired) electrons. The summed E-state index contributed by atoms with van der Waals surface area (Å²) in [6, 6.07) is 103. The van der Waals surface area contributed by atoms with Gasteiger partial charge in [-0.15, -0.1) is 0 Å². The average Bonchev–Trinajstić information content (AvgIpc) is 1.93. The molecule has 0 atom stereocenters. The minimum atomic E-state index is 0.470. The maximum atomic E-state index is 5.56. The topological polar surface area (TPSA) is 100 Å². The molecule has 0 aliphatic carbocycles. The van der Waals surface area contributed by atoms with E-state index in [2.05, 4.69) is 179 Å². The van der Waals surface area contributed by atoms with Gasteiger partial charge in [-0.3, -0.25) is 0 Å². The minimum absolute atomic E-state index is 0.470. The fraction of sp³-hybridized carbons (Fsp3) is 0. The van der Waals surface area contributed by atoms with Crippen molar-refractivity contribution in [3.8, 4) is 113 Å². The number of aromatic nitrogens is 9. The summed E-state index contributed by atoms with van der Waals surface area (Å²) in [5.74, 6) is 3.12. The molecule has 0 spiro atoms. The van der Waals surface area contributed by atoms with Crippen LogP contribution in [0.15, 0.2) is 297 Å². The van der Waals surface area contributed by atoms with Gasteiger partial charge in [0.15, 0.2) is 34.9 Å². The molecule has 0 amide bonds. The number of hydrogen-bond donors (Lipinski definition) is 0. The number of fused-ring (bicyclic) bond motifs is 6. The summed E-state index contributed by atoms with van der Waals surface area (Å²) in [4.78, 5) is 37.7. The number of pyridine rings is 1. The lowest BCUT2D eigenvalue weighted by Gasteiger charge is -2.22. The standard InChI is InChI=1S/C77H49N9/c1-7-24-50(25-8-1)56-42-44-68-61(46-56)62-47-57(65-39-23-38-64(78-65)51-26-9-2-10-27-51)43-45-69(62)85(68)70-49-58(76-81-72(52-28-11-3-12-29-52)79-73(82-76)53-30-13-4-14-31-53)48-63(71(70)86-66-40-21-19-36-59(66)60-37-20-22-41-67(60)86)77-83-74(54-32-15-5-16-33-54)80-75(84-77)55-34-17-6-18-35-55/h1-49H. The van der Waals surface area contributed by atoms with Crippen molar-refractivity contribution in [2.75, 3.05) is 0 Å². The quantitative estimate of drug-likeness (QED) is 0.127. The van der Waals surface area contributed by atoms with Crippen LogP contribution in [0, 0.1) is 0 Å². The first-order valence-electron chi connectivity index (χ1n) is 28.7. The Balaban J connectivity index is 1.07. The summed E-state index contributed by atoms with van der Waals surface area (Å²) in [5.41, 5.74) is 16.7. The Morgan fingerprint density at radius 3 is 1.03 bits per heavy atom. The predicted molar refractivity (Wildman–Crippen MR) is 349 cm³/mol. The maximum Gasteiger partial charge on any atom is 0.166 e. The molecule has 16 aromatic rings. The van der Waals surface area contributed by atoms with Gasteiger partial charge in [-0.25, -0.2) is 34.9 Å². The monoisotopic (exact) mass is 1100 g/mol. The second-order valence-corrected chi connectivity index (χ2v) is 21.3. The average molecular weight is 1100 g/mol. The van der Waals surface area contributed by atoms with Gasteiger partial charge in [0.05, 0.1) is 44.8 Å². The Morgan fingerprint density at radius 2 is 0.558 bits per heavy atom. The summed E-state index contributed by atoms with van der Waals surface area (Å²) >= 11 is 0. The Bertz CT molecular complexity index is 5040. The van der Waals surface area contributed by atoms with Gasteiger partial charge in [0.1, 0.15) is 0 Å². The number of hydrogen-bond acceptors (Lipinski definition) is 7. The van der Waals surface area contributed by atoms with Crippen molar-refractivity contribution in [1.29, 1.82) is 0 Å². The molecule has 9 nitrogen and oxygen atoms in total. The van der Waals surface area contributed by atoms with E-state index >= 15 is 0 Å². The van der Waals surface area contributed by atoms with Crippen molar-refractivity contribution in [3.05, 3.63) is 297 Å². The van der Waals surface area contributed by atoms with Crippen molar-refractivity contribution in [2.45, 2.75) is 0 Å². The number of nitrogens with zero attached hydrogens (tertiary/aromatic N) is 9. The molecule has 0 unspecified atom stereocenters. The first-order chi connectivity index (χ1) is 42.6. The van der Waals surface area contributed by atoms with E-state index < -0.39 is 0 Å². The fourth-order valence-corrected chi connectivity index (χ4v) is 12.0. The van der Waals surface area contributed by atoms with Gasteiger partial charge < -0.3 is 9.13 Å². The van der Waals surface area contributed by atoms with Crippen molar-refractivity contribution in [3.63, 3.8) is 0 Å². The van der Waals surface area contributed by atoms with E-state index in [4.69, 9.17) is 34.9 Å². The normalized spacial score (nSPS) is 11.5. The molecule has 402 valence electrons. The Morgan fingerprint density at radius 1 is 0.198 bits per heavy atom. The van der Waals surface area contributed by atoms with Gasteiger partial charge in [-0.2, -0.15) is 0 Å². The van der Waals surface area contributed by atoms with Crippen LogP contribution in [0.4, 0.5) is 0 Å². The van der Waals surface area contributed by atoms with E-state index in [0.717, 1.165) is 122 Å². The molecule has 11 aromatic carbocycles. The van der Waals surface area contributed by atoms with Crippen LogP contribution < -0.4 is 0 Å². The maximum absolute atomic E-state index is 5.56. The lowest BCUT2D eigenvalue weighted by atomic mass is 10.0. The molecular weight excluding hydrogens is 1050 g/mol. The van der Waals surface area contributed by atoms with Crippen LogP contribution in [0.5, 0.6) is 0 Å². The van der Waals surface area contributed by atoms with Crippen LogP contribution in [-0.2, 0) is 0 Å². The summed E-state index contributed by atoms with van der Waals surface area (Å²) in [6.45, 7) is 0. The molecule has 0 saturated carbocycles. The van der Waals surface area contributed by atoms with E-state index in [0.29, 0.717) is 34.9 Å². The van der Waals surface area contributed by atoms with Crippen molar-refractivity contribution < 1.29 is 0 Å². The largest absolute Gasteiger partial charge is 0.307 e. The summed E-state index contributed by atoms with van der Waals surface area (Å²) in [6.07, 6.45) is 0. The van der Waals surface area contributed by atoms with Gasteiger partial charge in [0, 0.05) is 66.1 Å². The molecule has 0 saturated heterocycles. The number of rotatable bonds is 11. The third kappa shape index (κ3) is 8.95. The van der Waals surface area contributed by atoms with Gasteiger partial charge in [0.25, 0.3) is 0 Å². The smallest absolute Gasteiger partial charge is 0.166 e. The molecule has 9 heteroatoms. The van der Waals surface area contributed by atoms with E-state index in [1.165, 1.54) is 0 Å². The van der Waals surface area contributed by atoms with Crippen molar-refractivity contribution >= 4 is 43.6 Å². The van der Waals surface area contributed by atoms with Crippen molar-refractivity contribution in [2.24, 2.45) is 0 Å². The number of benzene rings is 11. The van der Waals surface area contributed by atoms with Gasteiger partial charge >= 0.3 is 0 Å². The van der Waals surface area contributed by atoms with E-state index in [1.54, 1.807) is 0 Å². The highest BCUT2D eigenvalue weighted by Crippen LogP contribution is 2.45. The third-order valence-corrected chi connectivity index (χ3v) is 16.0. The molecule has 5 aromatic heterocycles. The van der Waals surface area contributed by atoms with Crippen LogP contribution in [0.2, 0.25) is 0 Å². The summed E-state index contributed by atoms with van der Waals surface area (Å²) in [7, 11) is 0. The third-order valence-electron chi connectivity index (χ3n) is 16.0. The molecule has 0 aliphatic rings. The van der Waals surface area contributed by atoms with Crippen LogP contribution in [0.25, 0.3) is 157 Å². The van der Waals surface area contributed by atoms with Gasteiger partial charge in [0.2, 0.25) is 0 Å². The lowest BCUT2D eigenvalue weighted by Crippen LogP contribution is -2.09. The Kier molecular flexibility index (Phi) is 12.3. The van der Waals surface area contributed by atoms with E-state index in [1.807, 2.05) is 127 Å². The Labute approximate surface area is 495 Å². The van der Waals surface area contributed by atoms with Crippen LogP contribution in [-0.4, -0.2) is 44.0 Å². The second-order valence-electron chi connectivity index (χ2n) is 21.3. The van der Waals surface area contributed by atoms with Gasteiger partial charge in [-0.05, 0) is 71.8 Å². The highest BCUT2D eigenvalue weighted by atomic mass is 15.1. The molecule has 0 bridgehead atoms. The zero-order valence-corrected chi connectivity index (χ0v) is 46.3. The summed E-state index contributed by atoms with van der Waals surface area (Å²) < 4.78 is 4.81. The second kappa shape index (κ2) is 21.2. The van der Waals surface area contributed by atoms with Gasteiger partial charge in [-0.1, -0.05) is 237 Å². The Hall–Kier alpha value is -11.8. The highest BCUT2D eigenvalue weighted by molar-refractivity contribution is 6.14. The molecule has 0 aliphatic heterocycles. The molecule has 5 heterocycles. The molecule has 86 heavy (non-hydrogen) atoms. The van der Waals surface area contributed by atoms with E-state index in [9.17, 15) is 0 Å². The highest BCUT2D eigenvalue weighted by Gasteiger charge is 2.28. The first kappa shape index (κ1) is 50.0. The number of para-hydroxylation sites is 2. The SMILES string of the molecule is c1ccc(-c2ccc3c(c2)c2cc(-c4cccc(-c5ccccc5)n4)ccc2n3-c2cc(-c3nc(-c4ccccc4)nc(-c4ccccc4)n3)cc(-c3nc(-c4ccccc4)nc(-c4ccccc4)n3)c2-n2c3ccccc3c3ccccc32)cc1. The zero-order valence-electron chi connectivity index (χ0n) is 46.3. The van der Waals surface area contributed by atoms with Crippen LogP contribution in [0.1, 0.15) is 0 Å². The molecule has 16 rings (SSSR count). The zero-order chi connectivity index (χ0) is 56.9.